The molecule has 1 aliphatic heterocycles. The Kier molecular flexibility index (Phi) is 4.13. The van der Waals surface area contributed by atoms with Gasteiger partial charge in [-0.15, -0.1) is 0 Å². The summed E-state index contributed by atoms with van der Waals surface area (Å²) >= 11 is 0. The van der Waals surface area contributed by atoms with Crippen LogP contribution in [-0.2, 0) is 16.6 Å². The van der Waals surface area contributed by atoms with Crippen LogP contribution in [0.1, 0.15) is 17.3 Å². The minimum absolute atomic E-state index is 0.0333. The van der Waals surface area contributed by atoms with Crippen molar-refractivity contribution in [3.05, 3.63) is 89.8 Å². The van der Waals surface area contributed by atoms with E-state index in [1.807, 2.05) is 22.9 Å². The topological polar surface area (TPSA) is 42.3 Å². The van der Waals surface area contributed by atoms with Gasteiger partial charge in [-0.05, 0) is 54.1 Å². The number of halogens is 2. The number of nitrogens with zero attached hydrogens (tertiary/aromatic N) is 2. The molecule has 4 nitrogen and oxygen atoms in total. The number of hydrogen-bond donors (Lipinski definition) is 0. The summed E-state index contributed by atoms with van der Waals surface area (Å²) in [6, 6.07) is 13.8. The average Bonchev–Trinajstić information content (AvgIpc) is 3.11. The summed E-state index contributed by atoms with van der Waals surface area (Å²) in [6.45, 7) is 0.782. The lowest BCUT2D eigenvalue weighted by molar-refractivity contribution is 0.298. The Hall–Kier alpha value is -2.51. The first-order chi connectivity index (χ1) is 12.5. The predicted octanol–water partition coefficient (Wildman–Crippen LogP) is 3.56. The zero-order valence-electron chi connectivity index (χ0n) is 13.7. The summed E-state index contributed by atoms with van der Waals surface area (Å²) in [4.78, 5) is 0.0333. The molecule has 3 aromatic rings. The molecule has 7 heteroatoms. The summed E-state index contributed by atoms with van der Waals surface area (Å²) < 4.78 is 56.3. The number of sulfonamides is 1. The standard InChI is InChI=1S/C19H16F2N2O2S/c20-15-5-3-14(4-6-15)19-18-2-1-11-22(18)12-13-23(19)26(24,25)17-9-7-16(21)8-10-17/h1-11,19H,12-13H2/t19-/m0/s1. The molecule has 4 rings (SSSR count). The van der Waals surface area contributed by atoms with Gasteiger partial charge in [0.05, 0.1) is 10.9 Å². The minimum Gasteiger partial charge on any atom is -0.348 e. The molecule has 1 aromatic heterocycles. The van der Waals surface area contributed by atoms with Gasteiger partial charge < -0.3 is 4.57 Å². The lowest BCUT2D eigenvalue weighted by atomic mass is 10.0. The first kappa shape index (κ1) is 16.9. The van der Waals surface area contributed by atoms with Crippen LogP contribution in [0.25, 0.3) is 0 Å². The fourth-order valence-corrected chi connectivity index (χ4v) is 4.93. The van der Waals surface area contributed by atoms with Crippen LogP contribution in [0.2, 0.25) is 0 Å². The Morgan fingerprint density at radius 2 is 1.46 bits per heavy atom. The van der Waals surface area contributed by atoms with Crippen LogP contribution in [0.5, 0.6) is 0 Å². The second-order valence-corrected chi connectivity index (χ2v) is 8.04. The molecule has 1 atom stereocenters. The van der Waals surface area contributed by atoms with Crippen molar-refractivity contribution >= 4 is 10.0 Å². The third-order valence-electron chi connectivity index (χ3n) is 4.60. The van der Waals surface area contributed by atoms with Gasteiger partial charge in [0, 0.05) is 25.0 Å². The van der Waals surface area contributed by atoms with Gasteiger partial charge >= 0.3 is 0 Å². The van der Waals surface area contributed by atoms with Gasteiger partial charge in [-0.2, -0.15) is 4.31 Å². The molecule has 0 aliphatic carbocycles. The normalized spacial score (nSPS) is 17.8. The highest BCUT2D eigenvalue weighted by Crippen LogP contribution is 2.36. The van der Waals surface area contributed by atoms with Crippen LogP contribution in [0.4, 0.5) is 8.78 Å². The summed E-state index contributed by atoms with van der Waals surface area (Å²) in [5.74, 6) is -0.876. The largest absolute Gasteiger partial charge is 0.348 e. The summed E-state index contributed by atoms with van der Waals surface area (Å²) in [6.07, 6.45) is 1.90. The Labute approximate surface area is 150 Å². The Morgan fingerprint density at radius 3 is 2.12 bits per heavy atom. The third kappa shape index (κ3) is 2.83. The lowest BCUT2D eigenvalue weighted by Crippen LogP contribution is -2.42. The van der Waals surface area contributed by atoms with Crippen molar-refractivity contribution in [2.24, 2.45) is 0 Å². The third-order valence-corrected chi connectivity index (χ3v) is 6.48. The molecular formula is C19H16F2N2O2S. The van der Waals surface area contributed by atoms with Crippen molar-refractivity contribution in [3.63, 3.8) is 0 Å². The molecule has 0 saturated carbocycles. The van der Waals surface area contributed by atoms with E-state index in [1.165, 1.54) is 28.6 Å². The van der Waals surface area contributed by atoms with Crippen molar-refractivity contribution in [1.82, 2.24) is 8.87 Å². The molecule has 2 aromatic carbocycles. The number of aromatic nitrogens is 1. The molecule has 0 saturated heterocycles. The minimum atomic E-state index is -3.85. The van der Waals surface area contributed by atoms with Crippen molar-refractivity contribution in [2.75, 3.05) is 6.54 Å². The lowest BCUT2D eigenvalue weighted by Gasteiger charge is -2.36. The van der Waals surface area contributed by atoms with Crippen LogP contribution in [0.3, 0.4) is 0 Å². The zero-order chi connectivity index (χ0) is 18.3. The van der Waals surface area contributed by atoms with Crippen LogP contribution in [0.15, 0.2) is 71.8 Å². The van der Waals surface area contributed by atoms with Crippen molar-refractivity contribution < 1.29 is 17.2 Å². The second kappa shape index (κ2) is 6.34. The molecule has 0 fully saturated rings. The fourth-order valence-electron chi connectivity index (χ4n) is 3.35. The van der Waals surface area contributed by atoms with Gasteiger partial charge in [0.15, 0.2) is 0 Å². The predicted molar refractivity (Wildman–Crippen MR) is 93.0 cm³/mol. The van der Waals surface area contributed by atoms with Gasteiger partial charge in [0.1, 0.15) is 11.6 Å². The summed E-state index contributed by atoms with van der Waals surface area (Å²) in [7, 11) is -3.85. The van der Waals surface area contributed by atoms with Crippen molar-refractivity contribution in [1.29, 1.82) is 0 Å². The second-order valence-electron chi connectivity index (χ2n) is 6.15. The van der Waals surface area contributed by atoms with E-state index in [0.29, 0.717) is 12.1 Å². The van der Waals surface area contributed by atoms with E-state index in [1.54, 1.807) is 12.1 Å². The van der Waals surface area contributed by atoms with Gasteiger partial charge in [-0.1, -0.05) is 12.1 Å². The van der Waals surface area contributed by atoms with E-state index in [9.17, 15) is 17.2 Å². The molecule has 0 radical (unpaired) electrons. The van der Waals surface area contributed by atoms with E-state index < -0.39 is 21.9 Å². The van der Waals surface area contributed by atoms with E-state index in [0.717, 1.165) is 17.8 Å². The Bertz CT molecular complexity index is 1030. The van der Waals surface area contributed by atoms with E-state index >= 15 is 0 Å². The molecule has 26 heavy (non-hydrogen) atoms. The SMILES string of the molecule is O=S(=O)(c1ccc(F)cc1)N1CCn2cccc2[C@@H]1c1ccc(F)cc1. The summed E-state index contributed by atoms with van der Waals surface area (Å²) in [5, 5.41) is 0. The smallest absolute Gasteiger partial charge is 0.244 e. The maximum Gasteiger partial charge on any atom is 0.244 e. The first-order valence-corrected chi connectivity index (χ1v) is 9.59. The molecule has 0 N–H and O–H groups in total. The van der Waals surface area contributed by atoms with E-state index in [-0.39, 0.29) is 17.3 Å². The first-order valence-electron chi connectivity index (χ1n) is 8.15. The summed E-state index contributed by atoms with van der Waals surface area (Å²) in [5.41, 5.74) is 1.49. The van der Waals surface area contributed by atoms with Gasteiger partial charge in [-0.25, -0.2) is 17.2 Å². The molecule has 2 heterocycles. The van der Waals surface area contributed by atoms with Crippen LogP contribution < -0.4 is 0 Å². The maximum atomic E-state index is 13.4. The number of hydrogen-bond acceptors (Lipinski definition) is 2. The number of rotatable bonds is 3. The molecule has 0 bridgehead atoms. The Balaban J connectivity index is 1.83. The Morgan fingerprint density at radius 1 is 0.846 bits per heavy atom. The zero-order valence-corrected chi connectivity index (χ0v) is 14.5. The van der Waals surface area contributed by atoms with Gasteiger partial charge in [0.25, 0.3) is 0 Å². The quantitative estimate of drug-likeness (QED) is 0.704. The van der Waals surface area contributed by atoms with Gasteiger partial charge in [-0.3, -0.25) is 0 Å². The molecule has 0 spiro atoms. The van der Waals surface area contributed by atoms with Gasteiger partial charge in [0.2, 0.25) is 10.0 Å². The maximum absolute atomic E-state index is 13.4. The molecule has 0 amide bonds. The average molecular weight is 374 g/mol. The highest BCUT2D eigenvalue weighted by Gasteiger charge is 2.37. The highest BCUT2D eigenvalue weighted by molar-refractivity contribution is 7.89. The molecule has 134 valence electrons. The van der Waals surface area contributed by atoms with E-state index in [4.69, 9.17) is 0 Å². The van der Waals surface area contributed by atoms with Crippen molar-refractivity contribution in [2.45, 2.75) is 17.5 Å². The van der Waals surface area contributed by atoms with Crippen LogP contribution in [-0.4, -0.2) is 23.8 Å². The highest BCUT2D eigenvalue weighted by atomic mass is 32.2. The fraction of sp³-hybridized carbons (Fsp3) is 0.158. The number of fused-ring (bicyclic) bond motifs is 1. The molecular weight excluding hydrogens is 358 g/mol. The number of benzene rings is 2. The van der Waals surface area contributed by atoms with Crippen LogP contribution in [0, 0.1) is 11.6 Å². The monoisotopic (exact) mass is 374 g/mol. The van der Waals surface area contributed by atoms with Crippen LogP contribution >= 0.6 is 0 Å². The van der Waals surface area contributed by atoms with E-state index in [2.05, 4.69) is 0 Å². The molecule has 0 unspecified atom stereocenters. The van der Waals surface area contributed by atoms with Crippen molar-refractivity contribution in [3.8, 4) is 0 Å². The molecule has 1 aliphatic rings.